The molecular weight excluding hydrogens is 222 g/mol. The second-order valence-electron chi connectivity index (χ2n) is 2.80. The van der Waals surface area contributed by atoms with Crippen LogP contribution in [0.4, 0.5) is 0 Å². The van der Waals surface area contributed by atoms with Crippen molar-refractivity contribution in [3.05, 3.63) is 35.9 Å². The van der Waals surface area contributed by atoms with E-state index in [2.05, 4.69) is 4.72 Å². The Morgan fingerprint density at radius 2 is 2.07 bits per heavy atom. The molecule has 0 bridgehead atoms. The summed E-state index contributed by atoms with van der Waals surface area (Å²) >= 11 is 3.85. The molecule has 0 spiro atoms. The molecule has 0 aliphatic carbocycles. The number of hydrogen-bond acceptors (Lipinski definition) is 2. The van der Waals surface area contributed by atoms with E-state index < -0.39 is 11.3 Å². The van der Waals surface area contributed by atoms with Crippen molar-refractivity contribution in [3.63, 3.8) is 0 Å². The van der Waals surface area contributed by atoms with Gasteiger partial charge in [-0.25, -0.2) is 4.72 Å². The van der Waals surface area contributed by atoms with Gasteiger partial charge < -0.3 is 4.55 Å². The zero-order valence-electron chi connectivity index (χ0n) is 7.48. The van der Waals surface area contributed by atoms with Crippen LogP contribution in [-0.4, -0.2) is 15.3 Å². The molecule has 2 unspecified atom stereocenters. The van der Waals surface area contributed by atoms with Crippen LogP contribution in [0.3, 0.4) is 0 Å². The Hall–Kier alpha value is -0.420. The summed E-state index contributed by atoms with van der Waals surface area (Å²) in [6.07, 6.45) is 0.583. The molecule has 1 rings (SSSR count). The third-order valence-corrected chi connectivity index (χ3v) is 2.69. The predicted molar refractivity (Wildman–Crippen MR) is 56.6 cm³/mol. The molecule has 3 nitrogen and oxygen atoms in total. The molecule has 0 saturated carbocycles. The maximum Gasteiger partial charge on any atom is 0.0597 e. The van der Waals surface area contributed by atoms with Crippen LogP contribution in [0.5, 0.6) is 0 Å². The number of benzene rings is 1. The highest BCUT2D eigenvalue weighted by atomic mass is 35.5. The molecule has 0 heterocycles. The Labute approximate surface area is 90.9 Å². The highest BCUT2D eigenvalue weighted by molar-refractivity contribution is 7.77. The number of rotatable bonds is 5. The first-order valence-electron chi connectivity index (χ1n) is 4.22. The van der Waals surface area contributed by atoms with Gasteiger partial charge in [0, 0.05) is 17.8 Å². The topological polar surface area (TPSA) is 52.2 Å². The molecule has 78 valence electrons. The van der Waals surface area contributed by atoms with E-state index in [9.17, 15) is 8.76 Å². The lowest BCUT2D eigenvalue weighted by Crippen LogP contribution is -2.18. The van der Waals surface area contributed by atoms with E-state index in [1.54, 1.807) is 0 Å². The van der Waals surface area contributed by atoms with E-state index >= 15 is 0 Å². The fraction of sp³-hybridized carbons (Fsp3) is 0.333. The Balaban J connectivity index is 2.36. The minimum Gasteiger partial charge on any atom is -0.760 e. The highest BCUT2D eigenvalue weighted by Gasteiger charge is 2.05. The fourth-order valence-electron chi connectivity index (χ4n) is 1.10. The van der Waals surface area contributed by atoms with Crippen molar-refractivity contribution in [2.75, 3.05) is 6.54 Å². The first kappa shape index (κ1) is 11.7. The first-order valence-corrected chi connectivity index (χ1v) is 5.73. The van der Waals surface area contributed by atoms with Gasteiger partial charge in [0.15, 0.2) is 0 Å². The minimum absolute atomic E-state index is 0.146. The molecule has 0 fully saturated rings. The third-order valence-electron chi connectivity index (χ3n) is 1.78. The zero-order valence-corrected chi connectivity index (χ0v) is 9.05. The van der Waals surface area contributed by atoms with E-state index in [1.807, 2.05) is 30.3 Å². The number of hydrogen-bond donors (Lipinski definition) is 1. The molecule has 1 aromatic carbocycles. The van der Waals surface area contributed by atoms with E-state index in [-0.39, 0.29) is 5.38 Å². The molecule has 0 aliphatic heterocycles. The highest BCUT2D eigenvalue weighted by Crippen LogP contribution is 2.22. The second-order valence-corrected chi connectivity index (χ2v) is 4.08. The van der Waals surface area contributed by atoms with Crippen molar-refractivity contribution in [1.29, 1.82) is 0 Å². The van der Waals surface area contributed by atoms with Gasteiger partial charge in [-0.3, -0.25) is 4.21 Å². The molecule has 0 aliphatic rings. The predicted octanol–water partition coefficient (Wildman–Crippen LogP) is 1.74. The largest absolute Gasteiger partial charge is 0.760 e. The Bertz CT molecular complexity index is 294. The molecule has 1 aromatic rings. The van der Waals surface area contributed by atoms with Crippen LogP contribution >= 0.6 is 11.6 Å². The molecule has 14 heavy (non-hydrogen) atoms. The normalized spacial score (nSPS) is 15.0. The van der Waals surface area contributed by atoms with Crippen molar-refractivity contribution >= 4 is 22.9 Å². The molecule has 1 N–H and O–H groups in total. The Morgan fingerprint density at radius 1 is 1.43 bits per heavy atom. The third kappa shape index (κ3) is 4.19. The van der Waals surface area contributed by atoms with Crippen LogP contribution in [0.15, 0.2) is 30.3 Å². The van der Waals surface area contributed by atoms with Crippen molar-refractivity contribution in [2.45, 2.75) is 11.8 Å². The standard InChI is InChI=1S/C9H12ClNO2S/c10-9(6-7-11-14(12)13)8-4-2-1-3-5-8/h1-5,9,11H,6-7H2,(H,12,13)/p-1. The van der Waals surface area contributed by atoms with Crippen molar-refractivity contribution < 1.29 is 8.76 Å². The van der Waals surface area contributed by atoms with Gasteiger partial charge in [0.1, 0.15) is 0 Å². The summed E-state index contributed by atoms with van der Waals surface area (Å²) in [6, 6.07) is 9.57. The average molecular weight is 233 g/mol. The number of alkyl halides is 1. The summed E-state index contributed by atoms with van der Waals surface area (Å²) in [7, 11) is 0. The smallest absolute Gasteiger partial charge is 0.0597 e. The Morgan fingerprint density at radius 3 is 2.64 bits per heavy atom. The molecule has 2 atom stereocenters. The fourth-order valence-corrected chi connectivity index (χ4v) is 1.64. The van der Waals surface area contributed by atoms with Crippen LogP contribution in [0.1, 0.15) is 17.4 Å². The molecule has 5 heteroatoms. The summed E-state index contributed by atoms with van der Waals surface area (Å²) in [4.78, 5) is 0. The first-order chi connectivity index (χ1) is 6.70. The van der Waals surface area contributed by atoms with Crippen LogP contribution in [0.25, 0.3) is 0 Å². The zero-order chi connectivity index (χ0) is 10.4. The van der Waals surface area contributed by atoms with Crippen LogP contribution in [0.2, 0.25) is 0 Å². The summed E-state index contributed by atoms with van der Waals surface area (Å²) < 4.78 is 22.6. The summed E-state index contributed by atoms with van der Waals surface area (Å²) in [5, 5.41) is -0.146. The van der Waals surface area contributed by atoms with Crippen molar-refractivity contribution in [2.24, 2.45) is 0 Å². The van der Waals surface area contributed by atoms with Gasteiger partial charge in [-0.1, -0.05) is 30.3 Å². The van der Waals surface area contributed by atoms with Gasteiger partial charge in [-0.2, -0.15) is 0 Å². The Kier molecular flexibility index (Phi) is 5.11. The molecule has 0 amide bonds. The van der Waals surface area contributed by atoms with Gasteiger partial charge in [0.05, 0.1) is 5.38 Å². The maximum atomic E-state index is 10.2. The molecule has 0 radical (unpaired) electrons. The van der Waals surface area contributed by atoms with Gasteiger partial charge >= 0.3 is 0 Å². The van der Waals surface area contributed by atoms with Crippen molar-refractivity contribution in [1.82, 2.24) is 4.72 Å². The quantitative estimate of drug-likeness (QED) is 0.621. The van der Waals surface area contributed by atoms with Crippen LogP contribution < -0.4 is 4.72 Å². The van der Waals surface area contributed by atoms with Crippen molar-refractivity contribution in [3.8, 4) is 0 Å². The summed E-state index contributed by atoms with van der Waals surface area (Å²) in [6.45, 7) is 0.360. The van der Waals surface area contributed by atoms with E-state index in [4.69, 9.17) is 11.6 Å². The SMILES string of the molecule is O=S([O-])NCCC(Cl)c1ccccc1. The summed E-state index contributed by atoms with van der Waals surface area (Å²) in [5.74, 6) is 0. The molecular formula is C9H11ClNO2S-. The number of nitrogens with one attached hydrogen (secondary N) is 1. The minimum atomic E-state index is -2.20. The lowest BCUT2D eigenvalue weighted by molar-refractivity contribution is 0.521. The lowest BCUT2D eigenvalue weighted by atomic mass is 10.1. The maximum absolute atomic E-state index is 10.2. The van der Waals surface area contributed by atoms with E-state index in [0.29, 0.717) is 13.0 Å². The van der Waals surface area contributed by atoms with Gasteiger partial charge in [-0.15, -0.1) is 11.6 Å². The van der Waals surface area contributed by atoms with Gasteiger partial charge in [0.2, 0.25) is 0 Å². The van der Waals surface area contributed by atoms with Crippen LogP contribution in [-0.2, 0) is 11.3 Å². The van der Waals surface area contributed by atoms with Gasteiger partial charge in [-0.05, 0) is 12.0 Å². The second kappa shape index (κ2) is 6.14. The van der Waals surface area contributed by atoms with Gasteiger partial charge in [0.25, 0.3) is 0 Å². The monoisotopic (exact) mass is 232 g/mol. The molecule has 0 aromatic heterocycles. The van der Waals surface area contributed by atoms with E-state index in [0.717, 1.165) is 5.56 Å². The number of halogens is 1. The lowest BCUT2D eigenvalue weighted by Gasteiger charge is -2.11. The summed E-state index contributed by atoms with van der Waals surface area (Å²) in [5.41, 5.74) is 1.01. The average Bonchev–Trinajstić information content (AvgIpc) is 2.18. The molecule has 0 saturated heterocycles. The van der Waals surface area contributed by atoms with Crippen LogP contribution in [0, 0.1) is 0 Å². The van der Waals surface area contributed by atoms with E-state index in [1.165, 1.54) is 0 Å².